The second kappa shape index (κ2) is 5.28. The highest BCUT2D eigenvalue weighted by Crippen LogP contribution is 2.20. The van der Waals surface area contributed by atoms with Gasteiger partial charge < -0.3 is 10.6 Å². The molecule has 1 aliphatic heterocycles. The van der Waals surface area contributed by atoms with Gasteiger partial charge in [0, 0.05) is 18.6 Å². The van der Waals surface area contributed by atoms with Crippen molar-refractivity contribution < 1.29 is 0 Å². The highest BCUT2D eigenvalue weighted by Gasteiger charge is 2.25. The van der Waals surface area contributed by atoms with Crippen molar-refractivity contribution in [3.05, 3.63) is 0 Å². The van der Waals surface area contributed by atoms with Gasteiger partial charge >= 0.3 is 0 Å². The van der Waals surface area contributed by atoms with E-state index >= 15 is 0 Å². The van der Waals surface area contributed by atoms with Gasteiger partial charge in [-0.3, -0.25) is 4.90 Å². The van der Waals surface area contributed by atoms with Gasteiger partial charge in [-0.25, -0.2) is 0 Å². The highest BCUT2D eigenvalue weighted by atomic mass is 15.2. The van der Waals surface area contributed by atoms with E-state index < -0.39 is 0 Å². The molecule has 0 aromatic carbocycles. The molecule has 1 rings (SSSR count). The smallest absolute Gasteiger partial charge is 0.0272 e. The SMILES string of the molecule is CN1CCC(CN(C)C(C)(C)CN)CC1. The zero-order valence-corrected chi connectivity index (χ0v) is 10.8. The zero-order valence-electron chi connectivity index (χ0n) is 10.8. The molecule has 90 valence electrons. The molecule has 0 aliphatic carbocycles. The third-order valence-corrected chi connectivity index (χ3v) is 3.90. The summed E-state index contributed by atoms with van der Waals surface area (Å²) < 4.78 is 0. The molecule has 0 aromatic rings. The van der Waals surface area contributed by atoms with Crippen molar-refractivity contribution in [2.45, 2.75) is 32.2 Å². The van der Waals surface area contributed by atoms with E-state index in [4.69, 9.17) is 5.73 Å². The van der Waals surface area contributed by atoms with Gasteiger partial charge in [0.1, 0.15) is 0 Å². The number of nitrogens with two attached hydrogens (primary N) is 1. The maximum atomic E-state index is 5.78. The van der Waals surface area contributed by atoms with Gasteiger partial charge in [0.2, 0.25) is 0 Å². The summed E-state index contributed by atoms with van der Waals surface area (Å²) in [7, 11) is 4.41. The Morgan fingerprint density at radius 1 is 1.33 bits per heavy atom. The van der Waals surface area contributed by atoms with E-state index in [-0.39, 0.29) is 5.54 Å². The average molecular weight is 213 g/mol. The number of hydrogen-bond acceptors (Lipinski definition) is 3. The second-order valence-corrected chi connectivity index (χ2v) is 5.64. The minimum absolute atomic E-state index is 0.142. The maximum absolute atomic E-state index is 5.78. The summed E-state index contributed by atoms with van der Waals surface area (Å²) in [5.41, 5.74) is 5.93. The fourth-order valence-corrected chi connectivity index (χ4v) is 2.03. The average Bonchev–Trinajstić information content (AvgIpc) is 2.21. The summed E-state index contributed by atoms with van der Waals surface area (Å²) >= 11 is 0. The van der Waals surface area contributed by atoms with Crippen LogP contribution in [0.5, 0.6) is 0 Å². The summed E-state index contributed by atoms with van der Waals surface area (Å²) in [6.45, 7) is 8.88. The van der Waals surface area contributed by atoms with Crippen LogP contribution < -0.4 is 5.73 Å². The molecule has 3 heteroatoms. The third kappa shape index (κ3) is 3.74. The Morgan fingerprint density at radius 3 is 2.33 bits per heavy atom. The molecule has 1 saturated heterocycles. The molecule has 0 unspecified atom stereocenters. The molecule has 1 aliphatic rings. The summed E-state index contributed by atoms with van der Waals surface area (Å²) in [6.07, 6.45) is 2.67. The third-order valence-electron chi connectivity index (χ3n) is 3.90. The topological polar surface area (TPSA) is 32.5 Å². The van der Waals surface area contributed by atoms with Gasteiger partial charge in [-0.1, -0.05) is 0 Å². The van der Waals surface area contributed by atoms with E-state index in [0.29, 0.717) is 0 Å². The van der Waals surface area contributed by atoms with Crippen LogP contribution in [-0.2, 0) is 0 Å². The van der Waals surface area contributed by atoms with Crippen molar-refractivity contribution in [2.75, 3.05) is 40.3 Å². The Balaban J connectivity index is 2.35. The van der Waals surface area contributed by atoms with E-state index in [1.54, 1.807) is 0 Å². The van der Waals surface area contributed by atoms with E-state index in [1.807, 2.05) is 0 Å². The molecular weight excluding hydrogens is 186 g/mol. The molecule has 0 bridgehead atoms. The van der Waals surface area contributed by atoms with Crippen LogP contribution in [0.25, 0.3) is 0 Å². The Kier molecular flexibility index (Phi) is 4.56. The fraction of sp³-hybridized carbons (Fsp3) is 1.00. The van der Waals surface area contributed by atoms with Crippen LogP contribution in [0.1, 0.15) is 26.7 Å². The van der Waals surface area contributed by atoms with Gasteiger partial charge in [0.05, 0.1) is 0 Å². The van der Waals surface area contributed by atoms with Crippen molar-refractivity contribution >= 4 is 0 Å². The quantitative estimate of drug-likeness (QED) is 0.756. The predicted octanol–water partition coefficient (Wildman–Crippen LogP) is 0.997. The van der Waals surface area contributed by atoms with E-state index in [0.717, 1.165) is 12.5 Å². The Bertz CT molecular complexity index is 183. The number of rotatable bonds is 4. The summed E-state index contributed by atoms with van der Waals surface area (Å²) in [5, 5.41) is 0. The maximum Gasteiger partial charge on any atom is 0.0272 e. The number of piperidine rings is 1. The van der Waals surface area contributed by atoms with Crippen LogP contribution in [0.4, 0.5) is 0 Å². The van der Waals surface area contributed by atoms with Crippen molar-refractivity contribution in [2.24, 2.45) is 11.7 Å². The zero-order chi connectivity index (χ0) is 11.5. The van der Waals surface area contributed by atoms with Gasteiger partial charge in [-0.05, 0) is 59.8 Å². The lowest BCUT2D eigenvalue weighted by molar-refractivity contribution is 0.110. The first-order valence-electron chi connectivity index (χ1n) is 6.05. The molecule has 0 amide bonds. The number of likely N-dealkylation sites (N-methyl/N-ethyl adjacent to an activating group) is 1. The lowest BCUT2D eigenvalue weighted by Crippen LogP contribution is -2.49. The number of hydrogen-bond donors (Lipinski definition) is 1. The molecule has 2 N–H and O–H groups in total. The van der Waals surface area contributed by atoms with Crippen LogP contribution in [0.15, 0.2) is 0 Å². The molecular formula is C12H27N3. The summed E-state index contributed by atoms with van der Waals surface area (Å²) in [6, 6.07) is 0. The Labute approximate surface area is 94.6 Å². The molecule has 1 fully saturated rings. The standard InChI is InChI=1S/C12H27N3/c1-12(2,10-13)15(4)9-11-5-7-14(3)8-6-11/h11H,5-10,13H2,1-4H3. The van der Waals surface area contributed by atoms with Crippen molar-refractivity contribution in [1.82, 2.24) is 9.80 Å². The molecule has 0 spiro atoms. The second-order valence-electron chi connectivity index (χ2n) is 5.64. The minimum atomic E-state index is 0.142. The molecule has 0 atom stereocenters. The largest absolute Gasteiger partial charge is 0.329 e. The predicted molar refractivity (Wildman–Crippen MR) is 66.0 cm³/mol. The first-order valence-corrected chi connectivity index (χ1v) is 6.05. The number of nitrogens with zero attached hydrogens (tertiary/aromatic N) is 2. The fourth-order valence-electron chi connectivity index (χ4n) is 2.03. The van der Waals surface area contributed by atoms with Crippen molar-refractivity contribution in [3.8, 4) is 0 Å². The first-order chi connectivity index (χ1) is 6.95. The summed E-state index contributed by atoms with van der Waals surface area (Å²) in [4.78, 5) is 4.84. The van der Waals surface area contributed by atoms with Crippen LogP contribution in [0.2, 0.25) is 0 Å². The van der Waals surface area contributed by atoms with Crippen LogP contribution in [0, 0.1) is 5.92 Å². The van der Waals surface area contributed by atoms with E-state index in [1.165, 1.54) is 32.5 Å². The lowest BCUT2D eigenvalue weighted by atomic mass is 9.94. The summed E-state index contributed by atoms with van der Waals surface area (Å²) in [5.74, 6) is 0.858. The molecule has 0 aromatic heterocycles. The lowest BCUT2D eigenvalue weighted by Gasteiger charge is -2.39. The van der Waals surface area contributed by atoms with E-state index in [2.05, 4.69) is 37.7 Å². The van der Waals surface area contributed by atoms with Gasteiger partial charge in [-0.2, -0.15) is 0 Å². The Hall–Kier alpha value is -0.120. The van der Waals surface area contributed by atoms with Crippen LogP contribution in [-0.4, -0.2) is 55.6 Å². The van der Waals surface area contributed by atoms with Crippen LogP contribution >= 0.6 is 0 Å². The normalized spacial score (nSPS) is 21.2. The van der Waals surface area contributed by atoms with Crippen molar-refractivity contribution in [1.29, 1.82) is 0 Å². The van der Waals surface area contributed by atoms with Gasteiger partial charge in [0.15, 0.2) is 0 Å². The highest BCUT2D eigenvalue weighted by molar-refractivity contribution is 4.83. The molecule has 1 heterocycles. The van der Waals surface area contributed by atoms with Gasteiger partial charge in [0.25, 0.3) is 0 Å². The molecule has 0 radical (unpaired) electrons. The van der Waals surface area contributed by atoms with Crippen molar-refractivity contribution in [3.63, 3.8) is 0 Å². The van der Waals surface area contributed by atoms with Gasteiger partial charge in [-0.15, -0.1) is 0 Å². The molecule has 0 saturated carbocycles. The molecule has 15 heavy (non-hydrogen) atoms. The Morgan fingerprint density at radius 2 is 1.87 bits per heavy atom. The monoisotopic (exact) mass is 213 g/mol. The number of likely N-dealkylation sites (tertiary alicyclic amines) is 1. The molecule has 3 nitrogen and oxygen atoms in total. The first kappa shape index (κ1) is 12.9. The van der Waals surface area contributed by atoms with E-state index in [9.17, 15) is 0 Å². The van der Waals surface area contributed by atoms with Crippen LogP contribution in [0.3, 0.4) is 0 Å². The minimum Gasteiger partial charge on any atom is -0.329 e.